The second-order valence-corrected chi connectivity index (χ2v) is 7.58. The fourth-order valence-corrected chi connectivity index (χ4v) is 3.84. The highest BCUT2D eigenvalue weighted by atomic mass is 35.5. The van der Waals surface area contributed by atoms with Crippen LogP contribution in [0.1, 0.15) is 35.5 Å². The van der Waals surface area contributed by atoms with Gasteiger partial charge in [0.2, 0.25) is 5.91 Å². The summed E-state index contributed by atoms with van der Waals surface area (Å²) in [6, 6.07) is 14.2. The summed E-state index contributed by atoms with van der Waals surface area (Å²) in [6.07, 6.45) is 0. The van der Waals surface area contributed by atoms with E-state index in [0.29, 0.717) is 33.7 Å². The number of hydrogen-bond acceptors (Lipinski definition) is 6. The summed E-state index contributed by atoms with van der Waals surface area (Å²) in [5.41, 5.74) is 1.72. The summed E-state index contributed by atoms with van der Waals surface area (Å²) < 4.78 is 11.2. The summed E-state index contributed by atoms with van der Waals surface area (Å²) in [4.78, 5) is 30.2. The Morgan fingerprint density at radius 2 is 1.83 bits per heavy atom. The molecule has 0 radical (unpaired) electrons. The van der Waals surface area contributed by atoms with E-state index in [1.807, 2.05) is 25.1 Å². The highest BCUT2D eigenvalue weighted by Gasteiger charge is 2.17. The number of halogens is 1. The van der Waals surface area contributed by atoms with Crippen LogP contribution in [0.5, 0.6) is 5.75 Å². The number of rotatable bonds is 8. The highest BCUT2D eigenvalue weighted by molar-refractivity contribution is 7.14. The lowest BCUT2D eigenvalue weighted by molar-refractivity contribution is -0.116. The van der Waals surface area contributed by atoms with Crippen LogP contribution in [0.15, 0.2) is 53.9 Å². The van der Waals surface area contributed by atoms with Crippen molar-refractivity contribution in [1.82, 2.24) is 4.98 Å². The van der Waals surface area contributed by atoms with Crippen molar-refractivity contribution in [2.45, 2.75) is 27.1 Å². The molecule has 0 saturated carbocycles. The molecule has 1 heterocycles. The number of amides is 1. The van der Waals surface area contributed by atoms with Crippen LogP contribution in [0, 0.1) is 0 Å². The number of para-hydroxylation sites is 1. The topological polar surface area (TPSA) is 68.7 Å². The summed E-state index contributed by atoms with van der Waals surface area (Å²) in [5.74, 6) is -0.187. The quantitative estimate of drug-likeness (QED) is 0.452. The monoisotopic (exact) mass is 444 g/mol. The van der Waals surface area contributed by atoms with Gasteiger partial charge < -0.3 is 9.47 Å². The van der Waals surface area contributed by atoms with Crippen molar-refractivity contribution in [2.75, 3.05) is 11.4 Å². The van der Waals surface area contributed by atoms with Crippen molar-refractivity contribution >= 4 is 39.9 Å². The van der Waals surface area contributed by atoms with E-state index in [0.717, 1.165) is 5.56 Å². The van der Waals surface area contributed by atoms with Gasteiger partial charge in [0.25, 0.3) is 0 Å². The Morgan fingerprint density at radius 3 is 2.57 bits per heavy atom. The van der Waals surface area contributed by atoms with Crippen LogP contribution in [0.3, 0.4) is 0 Å². The minimum atomic E-state index is -0.516. The van der Waals surface area contributed by atoms with Crippen molar-refractivity contribution in [1.29, 1.82) is 0 Å². The number of ether oxygens (including phenoxy) is 2. The van der Waals surface area contributed by atoms with Gasteiger partial charge in [-0.1, -0.05) is 41.9 Å². The molecule has 0 bridgehead atoms. The van der Waals surface area contributed by atoms with Gasteiger partial charge in [0.15, 0.2) is 5.13 Å². The van der Waals surface area contributed by atoms with E-state index in [9.17, 15) is 9.59 Å². The normalized spacial score (nSPS) is 10.5. The van der Waals surface area contributed by atoms with Gasteiger partial charge in [0.1, 0.15) is 24.5 Å². The maximum atomic E-state index is 12.6. The zero-order chi connectivity index (χ0) is 21.5. The number of benzene rings is 2. The first-order valence-corrected chi connectivity index (χ1v) is 10.6. The largest absolute Gasteiger partial charge is 0.488 e. The number of hydrogen-bond donors (Lipinski definition) is 0. The van der Waals surface area contributed by atoms with Crippen LogP contribution in [0.25, 0.3) is 0 Å². The van der Waals surface area contributed by atoms with Crippen molar-refractivity contribution in [3.8, 4) is 5.75 Å². The molecule has 156 valence electrons. The van der Waals surface area contributed by atoms with E-state index < -0.39 is 5.97 Å². The molecule has 3 rings (SSSR count). The van der Waals surface area contributed by atoms with Gasteiger partial charge in [-0.3, -0.25) is 9.69 Å². The number of carbonyl (C=O) groups is 2. The minimum absolute atomic E-state index is 0.00361. The van der Waals surface area contributed by atoms with Gasteiger partial charge in [0, 0.05) is 29.4 Å². The zero-order valence-corrected chi connectivity index (χ0v) is 18.2. The van der Waals surface area contributed by atoms with E-state index in [1.54, 1.807) is 40.6 Å². The van der Waals surface area contributed by atoms with Crippen molar-refractivity contribution in [3.63, 3.8) is 0 Å². The molecule has 0 aliphatic carbocycles. The molecular formula is C22H21ClN2O4S. The predicted octanol–water partition coefficient (Wildman–Crippen LogP) is 5.11. The van der Waals surface area contributed by atoms with Gasteiger partial charge in [-0.2, -0.15) is 0 Å². The van der Waals surface area contributed by atoms with Crippen molar-refractivity contribution < 1.29 is 19.1 Å². The summed E-state index contributed by atoms with van der Waals surface area (Å²) in [5, 5.41) is 2.96. The van der Waals surface area contributed by atoms with Crippen LogP contribution >= 0.6 is 22.9 Å². The average Bonchev–Trinajstić information content (AvgIpc) is 3.20. The Labute approximate surface area is 184 Å². The van der Waals surface area contributed by atoms with Gasteiger partial charge >= 0.3 is 5.97 Å². The van der Waals surface area contributed by atoms with Gasteiger partial charge in [-0.05, 0) is 25.1 Å². The number of esters is 1. The van der Waals surface area contributed by atoms with E-state index in [-0.39, 0.29) is 19.1 Å². The second-order valence-electron chi connectivity index (χ2n) is 6.34. The molecule has 1 amide bonds. The van der Waals surface area contributed by atoms with Gasteiger partial charge in [-0.25, -0.2) is 9.78 Å². The second kappa shape index (κ2) is 10.2. The molecule has 0 aliphatic rings. The predicted molar refractivity (Wildman–Crippen MR) is 117 cm³/mol. The Kier molecular flexibility index (Phi) is 7.43. The number of carbonyl (C=O) groups excluding carboxylic acids is 2. The molecular weight excluding hydrogens is 424 g/mol. The number of thiazole rings is 1. The molecule has 2 aromatic carbocycles. The summed E-state index contributed by atoms with van der Waals surface area (Å²) >= 11 is 7.50. The molecule has 0 unspecified atom stereocenters. The third-order valence-electron chi connectivity index (χ3n) is 4.27. The van der Waals surface area contributed by atoms with Crippen molar-refractivity contribution in [2.24, 2.45) is 0 Å². The SMILES string of the molecule is CCN(C(C)=O)c1nc(COC(=O)c2ccccc2OCc2ccccc2Cl)cs1. The summed E-state index contributed by atoms with van der Waals surface area (Å²) in [7, 11) is 0. The maximum Gasteiger partial charge on any atom is 0.342 e. The third-order valence-corrected chi connectivity index (χ3v) is 5.55. The smallest absolute Gasteiger partial charge is 0.342 e. The molecule has 0 spiro atoms. The number of anilines is 1. The molecule has 3 aromatic rings. The Morgan fingerprint density at radius 1 is 1.10 bits per heavy atom. The van der Waals surface area contributed by atoms with Crippen LogP contribution < -0.4 is 9.64 Å². The molecule has 6 nitrogen and oxygen atoms in total. The molecule has 0 saturated heterocycles. The molecule has 1 aromatic heterocycles. The lowest BCUT2D eigenvalue weighted by Gasteiger charge is -2.14. The first-order valence-electron chi connectivity index (χ1n) is 9.34. The Hall–Kier alpha value is -2.90. The molecule has 30 heavy (non-hydrogen) atoms. The summed E-state index contributed by atoms with van der Waals surface area (Å²) in [6.45, 7) is 4.13. The Bertz CT molecular complexity index is 1040. The average molecular weight is 445 g/mol. The molecule has 0 atom stereocenters. The first kappa shape index (κ1) is 21.8. The fourth-order valence-electron chi connectivity index (χ4n) is 2.73. The van der Waals surface area contributed by atoms with E-state index >= 15 is 0 Å². The van der Waals surface area contributed by atoms with Crippen LogP contribution in [0.4, 0.5) is 5.13 Å². The highest BCUT2D eigenvalue weighted by Crippen LogP contribution is 2.24. The van der Waals surface area contributed by atoms with E-state index in [2.05, 4.69) is 4.98 Å². The minimum Gasteiger partial charge on any atom is -0.488 e. The van der Waals surface area contributed by atoms with E-state index in [1.165, 1.54) is 18.3 Å². The number of nitrogens with zero attached hydrogens (tertiary/aromatic N) is 2. The lowest BCUT2D eigenvalue weighted by Crippen LogP contribution is -2.27. The van der Waals surface area contributed by atoms with Gasteiger partial charge in [-0.15, -0.1) is 11.3 Å². The maximum absolute atomic E-state index is 12.6. The lowest BCUT2D eigenvalue weighted by atomic mass is 10.2. The molecule has 0 N–H and O–H groups in total. The molecule has 0 aliphatic heterocycles. The van der Waals surface area contributed by atoms with E-state index in [4.69, 9.17) is 21.1 Å². The fraction of sp³-hybridized carbons (Fsp3) is 0.227. The molecule has 0 fully saturated rings. The zero-order valence-electron chi connectivity index (χ0n) is 16.6. The van der Waals surface area contributed by atoms with Gasteiger partial charge in [0.05, 0.1) is 5.69 Å². The standard InChI is InChI=1S/C22H21ClN2O4S/c1-3-25(15(2)26)22-24-17(14-30-22)13-29-21(27)18-9-5-7-11-20(18)28-12-16-8-4-6-10-19(16)23/h4-11,14H,3,12-13H2,1-2H3. The van der Waals surface area contributed by atoms with Crippen LogP contribution in [-0.4, -0.2) is 23.4 Å². The Balaban J connectivity index is 1.64. The third kappa shape index (κ3) is 5.37. The van der Waals surface area contributed by atoms with Crippen molar-refractivity contribution in [3.05, 3.63) is 75.8 Å². The van der Waals surface area contributed by atoms with Crippen LogP contribution in [0.2, 0.25) is 5.02 Å². The van der Waals surface area contributed by atoms with Crippen LogP contribution in [-0.2, 0) is 22.7 Å². The number of aromatic nitrogens is 1. The first-order chi connectivity index (χ1) is 14.5. The molecule has 8 heteroatoms.